The predicted molar refractivity (Wildman–Crippen MR) is 56.0 cm³/mol. The molecule has 1 aromatic carbocycles. The number of rotatable bonds is 2. The van der Waals surface area contributed by atoms with Crippen LogP contribution in [0.5, 0.6) is 0 Å². The highest BCUT2D eigenvalue weighted by atomic mass is 19.2. The third-order valence-corrected chi connectivity index (χ3v) is 2.37. The van der Waals surface area contributed by atoms with Crippen LogP contribution in [0.4, 0.5) is 13.2 Å². The van der Waals surface area contributed by atoms with Crippen molar-refractivity contribution in [1.82, 2.24) is 9.55 Å². The Balaban J connectivity index is 2.64. The summed E-state index contributed by atoms with van der Waals surface area (Å²) in [5.41, 5.74) is 5.88. The van der Waals surface area contributed by atoms with E-state index in [1.807, 2.05) is 0 Å². The SMILES string of the molecule is C[C@H](N)c1cncn1-c1cc(F)cc(F)c1F. The van der Waals surface area contributed by atoms with E-state index in [0.717, 1.165) is 6.07 Å². The molecule has 1 heterocycles. The lowest BCUT2D eigenvalue weighted by atomic mass is 10.2. The standard InChI is InChI=1S/C11H10F3N3/c1-6(15)10-4-16-5-17(10)9-3-7(12)2-8(13)11(9)14/h2-6H,15H2,1H3/t6-/m0/s1. The van der Waals surface area contributed by atoms with Crippen LogP contribution in [0.2, 0.25) is 0 Å². The van der Waals surface area contributed by atoms with Gasteiger partial charge < -0.3 is 5.73 Å². The fourth-order valence-electron chi connectivity index (χ4n) is 1.56. The molecule has 2 N–H and O–H groups in total. The van der Waals surface area contributed by atoms with Crippen molar-refractivity contribution in [2.24, 2.45) is 5.73 Å². The molecule has 0 fully saturated rings. The predicted octanol–water partition coefficient (Wildman–Crippen LogP) is 2.31. The van der Waals surface area contributed by atoms with Gasteiger partial charge in [-0.25, -0.2) is 18.2 Å². The van der Waals surface area contributed by atoms with Crippen LogP contribution >= 0.6 is 0 Å². The van der Waals surface area contributed by atoms with E-state index < -0.39 is 23.5 Å². The molecular formula is C11H10F3N3. The average molecular weight is 241 g/mol. The second kappa shape index (κ2) is 4.21. The van der Waals surface area contributed by atoms with Crippen molar-refractivity contribution in [1.29, 1.82) is 0 Å². The van der Waals surface area contributed by atoms with E-state index in [4.69, 9.17) is 5.73 Å². The Kier molecular flexibility index (Phi) is 2.89. The molecule has 17 heavy (non-hydrogen) atoms. The van der Waals surface area contributed by atoms with Gasteiger partial charge in [-0.05, 0) is 6.92 Å². The van der Waals surface area contributed by atoms with Gasteiger partial charge in [0.1, 0.15) is 5.82 Å². The molecule has 0 amide bonds. The Bertz CT molecular complexity index is 549. The molecule has 6 heteroatoms. The Morgan fingerprint density at radius 2 is 2.00 bits per heavy atom. The zero-order valence-electron chi connectivity index (χ0n) is 8.99. The van der Waals surface area contributed by atoms with E-state index in [1.165, 1.54) is 17.1 Å². The Morgan fingerprint density at radius 1 is 1.29 bits per heavy atom. The molecule has 0 aliphatic heterocycles. The maximum atomic E-state index is 13.6. The number of hydrogen-bond donors (Lipinski definition) is 1. The van der Waals surface area contributed by atoms with Crippen molar-refractivity contribution < 1.29 is 13.2 Å². The summed E-state index contributed by atoms with van der Waals surface area (Å²) in [7, 11) is 0. The number of aromatic nitrogens is 2. The Labute approximate surface area is 95.7 Å². The smallest absolute Gasteiger partial charge is 0.183 e. The summed E-state index contributed by atoms with van der Waals surface area (Å²) in [6, 6.07) is 0.955. The van der Waals surface area contributed by atoms with Crippen molar-refractivity contribution in [3.8, 4) is 5.69 Å². The molecule has 1 aromatic heterocycles. The first-order valence-corrected chi connectivity index (χ1v) is 4.93. The zero-order valence-corrected chi connectivity index (χ0v) is 8.99. The van der Waals surface area contributed by atoms with Crippen molar-refractivity contribution >= 4 is 0 Å². The topological polar surface area (TPSA) is 43.8 Å². The van der Waals surface area contributed by atoms with Crippen molar-refractivity contribution in [2.75, 3.05) is 0 Å². The maximum Gasteiger partial charge on any atom is 0.183 e. The molecule has 0 aliphatic rings. The van der Waals surface area contributed by atoms with Crippen LogP contribution in [-0.4, -0.2) is 9.55 Å². The van der Waals surface area contributed by atoms with E-state index >= 15 is 0 Å². The van der Waals surface area contributed by atoms with E-state index in [0.29, 0.717) is 11.8 Å². The van der Waals surface area contributed by atoms with Crippen LogP contribution in [0.25, 0.3) is 5.69 Å². The number of nitrogens with zero attached hydrogens (tertiary/aromatic N) is 2. The molecule has 0 bridgehead atoms. The van der Waals surface area contributed by atoms with Crippen molar-refractivity contribution in [3.05, 3.63) is 47.8 Å². The molecular weight excluding hydrogens is 231 g/mol. The molecule has 90 valence electrons. The first-order chi connectivity index (χ1) is 8.00. The molecule has 2 rings (SSSR count). The van der Waals surface area contributed by atoms with E-state index in [2.05, 4.69) is 4.98 Å². The van der Waals surface area contributed by atoms with Gasteiger partial charge in [-0.3, -0.25) is 4.57 Å². The van der Waals surface area contributed by atoms with Gasteiger partial charge in [-0.15, -0.1) is 0 Å². The average Bonchev–Trinajstić information content (AvgIpc) is 2.72. The van der Waals surface area contributed by atoms with Gasteiger partial charge >= 0.3 is 0 Å². The Morgan fingerprint density at radius 3 is 2.65 bits per heavy atom. The van der Waals surface area contributed by atoms with Gasteiger partial charge in [0.15, 0.2) is 11.6 Å². The van der Waals surface area contributed by atoms with Crippen LogP contribution < -0.4 is 5.73 Å². The van der Waals surface area contributed by atoms with Gasteiger partial charge in [-0.1, -0.05) is 0 Å². The summed E-state index contributed by atoms with van der Waals surface area (Å²) in [4.78, 5) is 3.79. The quantitative estimate of drug-likeness (QED) is 0.820. The van der Waals surface area contributed by atoms with Crippen LogP contribution in [0.3, 0.4) is 0 Å². The summed E-state index contributed by atoms with van der Waals surface area (Å²) in [5, 5.41) is 0. The van der Waals surface area contributed by atoms with E-state index in [1.54, 1.807) is 6.92 Å². The van der Waals surface area contributed by atoms with Crippen LogP contribution in [0.15, 0.2) is 24.7 Å². The molecule has 2 aromatic rings. The van der Waals surface area contributed by atoms with E-state index in [9.17, 15) is 13.2 Å². The van der Waals surface area contributed by atoms with E-state index in [-0.39, 0.29) is 5.69 Å². The third kappa shape index (κ3) is 2.03. The molecule has 1 atom stereocenters. The Hall–Kier alpha value is -1.82. The maximum absolute atomic E-state index is 13.6. The lowest BCUT2D eigenvalue weighted by Crippen LogP contribution is -2.12. The van der Waals surface area contributed by atoms with Crippen molar-refractivity contribution in [2.45, 2.75) is 13.0 Å². The third-order valence-electron chi connectivity index (χ3n) is 2.37. The van der Waals surface area contributed by atoms with Gasteiger partial charge in [0.05, 0.1) is 23.9 Å². The fourth-order valence-corrected chi connectivity index (χ4v) is 1.56. The first kappa shape index (κ1) is 11.7. The summed E-state index contributed by atoms with van der Waals surface area (Å²) in [6.45, 7) is 1.67. The molecule has 0 saturated heterocycles. The summed E-state index contributed by atoms with van der Waals surface area (Å²) in [6.07, 6.45) is 2.68. The van der Waals surface area contributed by atoms with Gasteiger partial charge in [0, 0.05) is 18.2 Å². The summed E-state index contributed by atoms with van der Waals surface area (Å²) in [5.74, 6) is -3.24. The largest absolute Gasteiger partial charge is 0.323 e. The van der Waals surface area contributed by atoms with Gasteiger partial charge in [0.2, 0.25) is 0 Å². The minimum Gasteiger partial charge on any atom is -0.323 e. The highest BCUT2D eigenvalue weighted by Gasteiger charge is 2.16. The first-order valence-electron chi connectivity index (χ1n) is 4.93. The van der Waals surface area contributed by atoms with Gasteiger partial charge in [0.25, 0.3) is 0 Å². The lowest BCUT2D eigenvalue weighted by molar-refractivity contribution is 0.489. The number of imidazole rings is 1. The normalized spacial score (nSPS) is 12.8. The number of halogens is 3. The number of hydrogen-bond acceptors (Lipinski definition) is 2. The minimum atomic E-state index is -1.25. The molecule has 3 nitrogen and oxygen atoms in total. The molecule has 0 aliphatic carbocycles. The molecule has 0 saturated carbocycles. The van der Waals surface area contributed by atoms with Crippen LogP contribution in [0, 0.1) is 17.5 Å². The second-order valence-corrected chi connectivity index (χ2v) is 3.70. The van der Waals surface area contributed by atoms with Gasteiger partial charge in [-0.2, -0.15) is 0 Å². The monoisotopic (exact) mass is 241 g/mol. The zero-order chi connectivity index (χ0) is 12.6. The summed E-state index contributed by atoms with van der Waals surface area (Å²) < 4.78 is 40.9. The molecule has 0 unspecified atom stereocenters. The fraction of sp³-hybridized carbons (Fsp3) is 0.182. The second-order valence-electron chi connectivity index (χ2n) is 3.70. The highest BCUT2D eigenvalue weighted by Crippen LogP contribution is 2.21. The highest BCUT2D eigenvalue weighted by molar-refractivity contribution is 5.37. The minimum absolute atomic E-state index is 0.243. The lowest BCUT2D eigenvalue weighted by Gasteiger charge is -2.11. The number of nitrogens with two attached hydrogens (primary N) is 1. The molecule has 0 radical (unpaired) electrons. The molecule has 0 spiro atoms. The number of benzene rings is 1. The summed E-state index contributed by atoms with van der Waals surface area (Å²) >= 11 is 0. The van der Waals surface area contributed by atoms with Crippen LogP contribution in [-0.2, 0) is 0 Å². The van der Waals surface area contributed by atoms with Crippen molar-refractivity contribution in [3.63, 3.8) is 0 Å². The van der Waals surface area contributed by atoms with Crippen LogP contribution in [0.1, 0.15) is 18.7 Å².